The van der Waals surface area contributed by atoms with E-state index in [0.717, 1.165) is 40.1 Å². The van der Waals surface area contributed by atoms with Gasteiger partial charge in [0.15, 0.2) is 5.75 Å². The Morgan fingerprint density at radius 1 is 1.07 bits per heavy atom. The number of urea groups is 1. The Bertz CT molecular complexity index is 1680. The molecule has 3 N–H and O–H groups in total. The third-order valence-electron chi connectivity index (χ3n) is 7.58. The van der Waals surface area contributed by atoms with E-state index in [4.69, 9.17) is 14.6 Å². The van der Waals surface area contributed by atoms with Gasteiger partial charge >= 0.3 is 12.0 Å². The first-order valence-corrected chi connectivity index (χ1v) is 14.9. The summed E-state index contributed by atoms with van der Waals surface area (Å²) in [5.41, 5.74) is 6.16. The van der Waals surface area contributed by atoms with Crippen LogP contribution in [0.25, 0.3) is 11.1 Å². The standard InChI is InChI=1S/C34H37N5O6/c1-23-8-3-13-30(24(23)2)44-16-6-14-31(40)39-15-7-17-45-33-28(11-5-12-29(33)39)26-19-36-38(22-26)21-25-9-4-10-27(18-25)37-34(43)35-20-32(41)42/h3-5,8-13,18-19,22H,6-7,14-17,20-21H2,1-2H3,(H,41,42)(H2,35,37,43). The number of carbonyl (C=O) groups excluding carboxylic acids is 2. The van der Waals surface area contributed by atoms with E-state index in [0.29, 0.717) is 50.6 Å². The minimum Gasteiger partial charge on any atom is -0.493 e. The van der Waals surface area contributed by atoms with Gasteiger partial charge in [-0.2, -0.15) is 5.10 Å². The van der Waals surface area contributed by atoms with Crippen molar-refractivity contribution in [1.82, 2.24) is 15.1 Å². The molecule has 3 amide bonds. The molecular weight excluding hydrogens is 574 g/mol. The number of carboxylic acids is 1. The molecule has 5 rings (SSSR count). The summed E-state index contributed by atoms with van der Waals surface area (Å²) in [4.78, 5) is 37.9. The molecule has 0 unspecified atom stereocenters. The molecule has 0 bridgehead atoms. The van der Waals surface area contributed by atoms with Gasteiger partial charge in [-0.15, -0.1) is 0 Å². The minimum absolute atomic E-state index is 0.0318. The number of para-hydroxylation sites is 1. The van der Waals surface area contributed by atoms with Gasteiger partial charge in [-0.25, -0.2) is 4.79 Å². The molecule has 11 heteroatoms. The van der Waals surface area contributed by atoms with E-state index < -0.39 is 18.5 Å². The predicted molar refractivity (Wildman–Crippen MR) is 171 cm³/mol. The van der Waals surface area contributed by atoms with Gasteiger partial charge in [-0.1, -0.05) is 36.4 Å². The fraction of sp³-hybridized carbons (Fsp3) is 0.294. The Morgan fingerprint density at radius 2 is 1.89 bits per heavy atom. The second-order valence-corrected chi connectivity index (χ2v) is 10.9. The lowest BCUT2D eigenvalue weighted by molar-refractivity contribution is -0.135. The number of nitrogens with one attached hydrogen (secondary N) is 2. The van der Waals surface area contributed by atoms with Crippen LogP contribution in [0.2, 0.25) is 0 Å². The lowest BCUT2D eigenvalue weighted by atomic mass is 10.1. The molecule has 45 heavy (non-hydrogen) atoms. The van der Waals surface area contributed by atoms with Gasteiger partial charge in [0.2, 0.25) is 5.91 Å². The van der Waals surface area contributed by atoms with Gasteiger partial charge in [0.1, 0.15) is 12.3 Å². The Kier molecular flexibility index (Phi) is 9.98. The maximum atomic E-state index is 13.4. The van der Waals surface area contributed by atoms with E-state index in [1.165, 1.54) is 5.56 Å². The summed E-state index contributed by atoms with van der Waals surface area (Å²) in [7, 11) is 0. The lowest BCUT2D eigenvalue weighted by Crippen LogP contribution is -2.33. The predicted octanol–water partition coefficient (Wildman–Crippen LogP) is 5.40. The Balaban J connectivity index is 1.24. The first kappa shape index (κ1) is 31.1. The maximum absolute atomic E-state index is 13.4. The van der Waals surface area contributed by atoms with E-state index in [-0.39, 0.29) is 5.91 Å². The van der Waals surface area contributed by atoms with E-state index in [1.807, 2.05) is 54.4 Å². The average molecular weight is 612 g/mol. The average Bonchev–Trinajstić information content (AvgIpc) is 3.37. The Labute approximate surface area is 261 Å². The summed E-state index contributed by atoms with van der Waals surface area (Å²) in [6, 6.07) is 18.4. The fourth-order valence-corrected chi connectivity index (χ4v) is 5.17. The summed E-state index contributed by atoms with van der Waals surface area (Å²) in [6.45, 7) is 5.60. The fourth-order valence-electron chi connectivity index (χ4n) is 5.17. The van der Waals surface area contributed by atoms with Crippen LogP contribution in [0.4, 0.5) is 16.2 Å². The molecule has 0 aliphatic carbocycles. The second kappa shape index (κ2) is 14.4. The van der Waals surface area contributed by atoms with Gasteiger partial charge in [-0.05, 0) is 67.6 Å². The molecule has 1 aliphatic rings. The first-order chi connectivity index (χ1) is 21.8. The van der Waals surface area contributed by atoms with Gasteiger partial charge < -0.3 is 30.1 Å². The van der Waals surface area contributed by atoms with Crippen LogP contribution in [0.15, 0.2) is 73.1 Å². The van der Waals surface area contributed by atoms with Crippen LogP contribution in [0, 0.1) is 13.8 Å². The van der Waals surface area contributed by atoms with Crippen molar-refractivity contribution in [2.24, 2.45) is 0 Å². The van der Waals surface area contributed by atoms with Gasteiger partial charge in [-0.3, -0.25) is 14.3 Å². The zero-order valence-corrected chi connectivity index (χ0v) is 25.4. The third kappa shape index (κ3) is 7.99. The monoisotopic (exact) mass is 611 g/mol. The van der Waals surface area contributed by atoms with Crippen molar-refractivity contribution in [3.05, 3.63) is 89.7 Å². The van der Waals surface area contributed by atoms with Gasteiger partial charge in [0.25, 0.3) is 0 Å². The van der Waals surface area contributed by atoms with Crippen LogP contribution in [-0.4, -0.2) is 59.1 Å². The number of anilines is 2. The molecule has 11 nitrogen and oxygen atoms in total. The van der Waals surface area contributed by atoms with Crippen LogP contribution < -0.4 is 25.0 Å². The molecule has 0 saturated heterocycles. The lowest BCUT2D eigenvalue weighted by Gasteiger charge is -2.23. The highest BCUT2D eigenvalue weighted by atomic mass is 16.5. The Morgan fingerprint density at radius 3 is 2.73 bits per heavy atom. The summed E-state index contributed by atoms with van der Waals surface area (Å²) < 4.78 is 14.0. The molecule has 1 aromatic heterocycles. The molecule has 0 fully saturated rings. The first-order valence-electron chi connectivity index (χ1n) is 14.9. The SMILES string of the molecule is Cc1cccc(OCCCC(=O)N2CCCOc3c(-c4cnn(Cc5cccc(NC(=O)NCC(=O)O)c5)c4)cccc32)c1C. The molecule has 0 saturated carbocycles. The molecule has 1 aliphatic heterocycles. The molecule has 0 spiro atoms. The molecule has 3 aromatic carbocycles. The van der Waals surface area contributed by atoms with Crippen LogP contribution in [0.3, 0.4) is 0 Å². The number of aromatic nitrogens is 2. The number of carboxylic acid groups (broad SMARTS) is 1. The number of aryl methyl sites for hydroxylation is 1. The van der Waals surface area contributed by atoms with E-state index in [9.17, 15) is 14.4 Å². The number of fused-ring (bicyclic) bond motifs is 1. The van der Waals surface area contributed by atoms with E-state index in [2.05, 4.69) is 28.7 Å². The highest BCUT2D eigenvalue weighted by Crippen LogP contribution is 2.40. The summed E-state index contributed by atoms with van der Waals surface area (Å²) in [6.07, 6.45) is 5.37. The molecule has 4 aromatic rings. The van der Waals surface area contributed by atoms with Crippen LogP contribution in [-0.2, 0) is 16.1 Å². The van der Waals surface area contributed by atoms with E-state index >= 15 is 0 Å². The summed E-state index contributed by atoms with van der Waals surface area (Å²) in [5.74, 6) is 0.423. The number of benzene rings is 3. The molecule has 0 atom stereocenters. The number of hydrogen-bond donors (Lipinski definition) is 3. The number of rotatable bonds is 11. The minimum atomic E-state index is -1.12. The number of amides is 3. The van der Waals surface area contributed by atoms with Crippen LogP contribution in [0.5, 0.6) is 11.5 Å². The zero-order valence-electron chi connectivity index (χ0n) is 25.4. The van der Waals surface area contributed by atoms with Crippen molar-refractivity contribution in [1.29, 1.82) is 0 Å². The number of nitrogens with zero attached hydrogens (tertiary/aromatic N) is 3. The van der Waals surface area contributed by atoms with Crippen molar-refractivity contribution in [3.63, 3.8) is 0 Å². The smallest absolute Gasteiger partial charge is 0.323 e. The zero-order chi connectivity index (χ0) is 31.8. The van der Waals surface area contributed by atoms with Crippen LogP contribution in [0.1, 0.15) is 36.0 Å². The topological polar surface area (TPSA) is 135 Å². The van der Waals surface area contributed by atoms with Crippen molar-refractivity contribution < 1.29 is 29.0 Å². The molecular formula is C34H37N5O6. The molecule has 234 valence electrons. The summed E-state index contributed by atoms with van der Waals surface area (Å²) >= 11 is 0. The van der Waals surface area contributed by atoms with Crippen molar-refractivity contribution in [3.8, 4) is 22.6 Å². The van der Waals surface area contributed by atoms with E-state index in [1.54, 1.807) is 29.1 Å². The number of hydrogen-bond acceptors (Lipinski definition) is 6. The Hall–Kier alpha value is -5.32. The van der Waals surface area contributed by atoms with Crippen molar-refractivity contribution in [2.75, 3.05) is 36.5 Å². The highest BCUT2D eigenvalue weighted by molar-refractivity contribution is 5.97. The number of aliphatic carboxylic acids is 1. The number of ether oxygens (including phenoxy) is 2. The third-order valence-corrected chi connectivity index (χ3v) is 7.58. The van der Waals surface area contributed by atoms with Crippen molar-refractivity contribution in [2.45, 2.75) is 39.7 Å². The summed E-state index contributed by atoms with van der Waals surface area (Å²) in [5, 5.41) is 18.2. The van der Waals surface area contributed by atoms with Crippen molar-refractivity contribution >= 4 is 29.3 Å². The highest BCUT2D eigenvalue weighted by Gasteiger charge is 2.25. The molecule has 2 heterocycles. The molecule has 0 radical (unpaired) electrons. The van der Waals surface area contributed by atoms with Crippen LogP contribution >= 0.6 is 0 Å². The van der Waals surface area contributed by atoms with Gasteiger partial charge in [0.05, 0.1) is 31.6 Å². The second-order valence-electron chi connectivity index (χ2n) is 10.9. The largest absolute Gasteiger partial charge is 0.493 e. The quantitative estimate of drug-likeness (QED) is 0.193. The normalized spacial score (nSPS) is 12.4. The maximum Gasteiger partial charge on any atom is 0.323 e. The number of carbonyl (C=O) groups is 3. The van der Waals surface area contributed by atoms with Gasteiger partial charge in [0, 0.05) is 36.0 Å².